The van der Waals surface area contributed by atoms with Gasteiger partial charge in [-0.15, -0.1) is 0 Å². The molecule has 0 saturated carbocycles. The summed E-state index contributed by atoms with van der Waals surface area (Å²) in [5.74, 6) is -0.833. The number of aromatic amines is 1. The molecule has 1 heterocycles. The second-order valence-corrected chi connectivity index (χ2v) is 7.51. The van der Waals surface area contributed by atoms with E-state index in [1.807, 2.05) is 37.3 Å². The van der Waals surface area contributed by atoms with Crippen LogP contribution in [0, 0.1) is 6.92 Å². The molecule has 3 aromatic rings. The highest BCUT2D eigenvalue weighted by Crippen LogP contribution is 2.21. The number of aromatic nitrogens is 2. The summed E-state index contributed by atoms with van der Waals surface area (Å²) in [7, 11) is 0. The molecule has 144 valence electrons. The van der Waals surface area contributed by atoms with Crippen molar-refractivity contribution in [3.63, 3.8) is 0 Å². The van der Waals surface area contributed by atoms with Crippen LogP contribution >= 0.6 is 23.4 Å². The molecule has 1 aromatic heterocycles. The minimum absolute atomic E-state index is 0.340. The number of rotatable bonds is 6. The minimum Gasteiger partial charge on any atom is -0.347 e. The Morgan fingerprint density at radius 3 is 2.71 bits per heavy atom. The zero-order chi connectivity index (χ0) is 19.9. The monoisotopic (exact) mass is 414 g/mol. The van der Waals surface area contributed by atoms with Gasteiger partial charge in [0.25, 0.3) is 0 Å². The molecular formula is C20H19ClN4O2S. The Hall–Kier alpha value is -2.77. The van der Waals surface area contributed by atoms with E-state index in [1.165, 1.54) is 11.8 Å². The number of nitrogens with zero attached hydrogens (tertiary/aromatic N) is 1. The van der Waals surface area contributed by atoms with Gasteiger partial charge >= 0.3 is 11.8 Å². The number of anilines is 1. The summed E-state index contributed by atoms with van der Waals surface area (Å²) >= 11 is 7.39. The molecule has 6 nitrogen and oxygen atoms in total. The Morgan fingerprint density at radius 1 is 1.14 bits per heavy atom. The average molecular weight is 415 g/mol. The van der Waals surface area contributed by atoms with E-state index in [4.69, 9.17) is 11.6 Å². The summed E-state index contributed by atoms with van der Waals surface area (Å²) in [6.45, 7) is 2.17. The number of imidazole rings is 1. The summed E-state index contributed by atoms with van der Waals surface area (Å²) in [4.78, 5) is 31.5. The van der Waals surface area contributed by atoms with E-state index < -0.39 is 11.8 Å². The van der Waals surface area contributed by atoms with Gasteiger partial charge in [0.15, 0.2) is 5.16 Å². The topological polar surface area (TPSA) is 86.9 Å². The number of H-pyrrole nitrogens is 1. The van der Waals surface area contributed by atoms with Crippen molar-refractivity contribution in [3.05, 3.63) is 65.3 Å². The first kappa shape index (κ1) is 20.0. The Labute approximate surface area is 172 Å². The molecule has 8 heteroatoms. The molecule has 0 aliphatic heterocycles. The number of amides is 2. The molecule has 0 aliphatic rings. The van der Waals surface area contributed by atoms with Gasteiger partial charge in [-0.3, -0.25) is 9.59 Å². The lowest BCUT2D eigenvalue weighted by atomic mass is 10.2. The number of hydrogen-bond donors (Lipinski definition) is 3. The van der Waals surface area contributed by atoms with E-state index in [0.717, 1.165) is 22.0 Å². The summed E-state index contributed by atoms with van der Waals surface area (Å²) in [5.41, 5.74) is 3.34. The molecule has 0 unspecified atom stereocenters. The normalized spacial score (nSPS) is 10.5. The van der Waals surface area contributed by atoms with Gasteiger partial charge < -0.3 is 15.6 Å². The molecule has 2 aromatic carbocycles. The van der Waals surface area contributed by atoms with Gasteiger partial charge in [-0.1, -0.05) is 59.8 Å². The Bertz CT molecular complexity index is 975. The largest absolute Gasteiger partial charge is 0.347 e. The van der Waals surface area contributed by atoms with Crippen molar-refractivity contribution in [3.8, 4) is 11.3 Å². The summed E-state index contributed by atoms with van der Waals surface area (Å²) in [5, 5.41) is 6.42. The first-order valence-electron chi connectivity index (χ1n) is 8.61. The Morgan fingerprint density at radius 2 is 1.93 bits per heavy atom. The maximum absolute atomic E-state index is 12.0. The van der Waals surface area contributed by atoms with Crippen LogP contribution in [0.3, 0.4) is 0 Å². The molecule has 0 spiro atoms. The number of aryl methyl sites for hydroxylation is 1. The van der Waals surface area contributed by atoms with Crippen LogP contribution in [0.4, 0.5) is 5.69 Å². The Balaban J connectivity index is 1.43. The predicted octanol–water partition coefficient (Wildman–Crippen LogP) is 3.89. The zero-order valence-corrected chi connectivity index (χ0v) is 16.7. The summed E-state index contributed by atoms with van der Waals surface area (Å²) < 4.78 is 0. The third-order valence-electron chi connectivity index (χ3n) is 3.92. The molecule has 3 rings (SSSR count). The maximum Gasteiger partial charge on any atom is 0.313 e. The van der Waals surface area contributed by atoms with E-state index >= 15 is 0 Å². The lowest BCUT2D eigenvalue weighted by Crippen LogP contribution is -2.36. The second kappa shape index (κ2) is 9.43. The highest BCUT2D eigenvalue weighted by atomic mass is 35.5. The summed E-state index contributed by atoms with van der Waals surface area (Å²) in [6, 6.07) is 15.0. The quantitative estimate of drug-likeness (QED) is 0.324. The first-order chi connectivity index (χ1) is 13.5. The molecule has 0 radical (unpaired) electrons. The van der Waals surface area contributed by atoms with Crippen LogP contribution in [0.15, 0.2) is 59.9 Å². The van der Waals surface area contributed by atoms with Gasteiger partial charge in [0, 0.05) is 23.0 Å². The van der Waals surface area contributed by atoms with E-state index in [9.17, 15) is 9.59 Å². The molecule has 0 aliphatic carbocycles. The van der Waals surface area contributed by atoms with Crippen molar-refractivity contribution in [1.82, 2.24) is 15.3 Å². The van der Waals surface area contributed by atoms with Gasteiger partial charge in [-0.25, -0.2) is 4.98 Å². The summed E-state index contributed by atoms with van der Waals surface area (Å²) in [6.07, 6.45) is 1.77. The fourth-order valence-electron chi connectivity index (χ4n) is 2.44. The van der Waals surface area contributed by atoms with Crippen molar-refractivity contribution in [2.45, 2.75) is 12.1 Å². The van der Waals surface area contributed by atoms with Crippen LogP contribution in [0.1, 0.15) is 5.56 Å². The first-order valence-corrected chi connectivity index (χ1v) is 9.98. The van der Waals surface area contributed by atoms with Crippen LogP contribution in [0.5, 0.6) is 0 Å². The van der Waals surface area contributed by atoms with E-state index in [1.54, 1.807) is 24.4 Å². The van der Waals surface area contributed by atoms with Crippen molar-refractivity contribution < 1.29 is 9.59 Å². The van der Waals surface area contributed by atoms with E-state index in [0.29, 0.717) is 23.0 Å². The fraction of sp³-hybridized carbons (Fsp3) is 0.150. The number of hydrogen-bond acceptors (Lipinski definition) is 4. The SMILES string of the molecule is Cc1ccc(Cl)cc1NC(=O)C(=O)NCCSc1ncc(-c2ccccc2)[nH]1. The predicted molar refractivity (Wildman–Crippen MR) is 113 cm³/mol. The van der Waals surface area contributed by atoms with Crippen molar-refractivity contribution in [2.75, 3.05) is 17.6 Å². The van der Waals surface area contributed by atoms with Crippen molar-refractivity contribution in [2.24, 2.45) is 0 Å². The smallest absolute Gasteiger partial charge is 0.313 e. The van der Waals surface area contributed by atoms with Gasteiger partial charge in [0.2, 0.25) is 0 Å². The molecule has 28 heavy (non-hydrogen) atoms. The number of thioether (sulfide) groups is 1. The molecule has 0 saturated heterocycles. The van der Waals surface area contributed by atoms with Gasteiger partial charge in [0.05, 0.1) is 11.9 Å². The number of nitrogens with one attached hydrogen (secondary N) is 3. The van der Waals surface area contributed by atoms with Crippen molar-refractivity contribution >= 4 is 40.9 Å². The molecule has 2 amide bonds. The van der Waals surface area contributed by atoms with Crippen LogP contribution < -0.4 is 10.6 Å². The van der Waals surface area contributed by atoms with E-state index in [2.05, 4.69) is 20.6 Å². The average Bonchev–Trinajstić information content (AvgIpc) is 3.17. The van der Waals surface area contributed by atoms with E-state index in [-0.39, 0.29) is 0 Å². The van der Waals surface area contributed by atoms with Gasteiger partial charge in [0.1, 0.15) is 0 Å². The number of halogens is 1. The molecule has 3 N–H and O–H groups in total. The van der Waals surface area contributed by atoms with Crippen LogP contribution in [0.2, 0.25) is 5.02 Å². The van der Waals surface area contributed by atoms with Crippen LogP contribution in [-0.4, -0.2) is 34.1 Å². The fourth-order valence-corrected chi connectivity index (χ4v) is 3.32. The number of carbonyl (C=O) groups is 2. The number of benzene rings is 2. The molecule has 0 fully saturated rings. The maximum atomic E-state index is 12.0. The van der Waals surface area contributed by atoms with Gasteiger partial charge in [-0.2, -0.15) is 0 Å². The lowest BCUT2D eigenvalue weighted by Gasteiger charge is -2.09. The third kappa shape index (κ3) is 5.37. The molecule has 0 atom stereocenters. The number of carbonyl (C=O) groups excluding carboxylic acids is 2. The Kier molecular flexibility index (Phi) is 6.73. The second-order valence-electron chi connectivity index (χ2n) is 5.99. The standard InChI is InChI=1S/C20H19ClN4O2S/c1-13-7-8-15(21)11-16(13)24-19(27)18(26)22-9-10-28-20-23-12-17(25-20)14-5-3-2-4-6-14/h2-8,11-12H,9-10H2,1H3,(H,22,26)(H,23,25)(H,24,27). The third-order valence-corrected chi connectivity index (χ3v) is 5.04. The highest BCUT2D eigenvalue weighted by Gasteiger charge is 2.14. The van der Waals surface area contributed by atoms with Gasteiger partial charge in [-0.05, 0) is 30.2 Å². The van der Waals surface area contributed by atoms with Crippen LogP contribution in [-0.2, 0) is 9.59 Å². The molecular weight excluding hydrogens is 396 g/mol. The van der Waals surface area contributed by atoms with Crippen molar-refractivity contribution in [1.29, 1.82) is 0 Å². The highest BCUT2D eigenvalue weighted by molar-refractivity contribution is 7.99. The van der Waals surface area contributed by atoms with Crippen LogP contribution in [0.25, 0.3) is 11.3 Å². The lowest BCUT2D eigenvalue weighted by molar-refractivity contribution is -0.136. The minimum atomic E-state index is -0.722. The zero-order valence-electron chi connectivity index (χ0n) is 15.2. The molecule has 0 bridgehead atoms.